The van der Waals surface area contributed by atoms with Crippen molar-refractivity contribution in [3.63, 3.8) is 0 Å². The Bertz CT molecular complexity index is 700. The average molecular weight is 308 g/mol. The first-order valence-electron chi connectivity index (χ1n) is 5.94. The first kappa shape index (κ1) is 14.9. The molecule has 2 aromatic rings. The number of nitro groups is 1. The van der Waals surface area contributed by atoms with Gasteiger partial charge in [-0.2, -0.15) is 0 Å². The summed E-state index contributed by atoms with van der Waals surface area (Å²) in [7, 11) is 0. The second-order valence-electron chi connectivity index (χ2n) is 4.36. The Morgan fingerprint density at radius 2 is 2.29 bits per heavy atom. The number of pyridine rings is 1. The second kappa shape index (κ2) is 5.83. The molecule has 8 nitrogen and oxygen atoms in total. The van der Waals surface area contributed by atoms with Crippen molar-refractivity contribution >= 4 is 28.8 Å². The molecule has 0 amide bonds. The summed E-state index contributed by atoms with van der Waals surface area (Å²) in [6.45, 7) is 3.39. The fourth-order valence-corrected chi connectivity index (χ4v) is 2.46. The summed E-state index contributed by atoms with van der Waals surface area (Å²) in [5, 5.41) is 24.7. The topological polar surface area (TPSA) is 118 Å². The fraction of sp³-hybridized carbons (Fsp3) is 0.250. The van der Waals surface area contributed by atoms with Gasteiger partial charge in [0.05, 0.1) is 17.0 Å². The monoisotopic (exact) mass is 308 g/mol. The van der Waals surface area contributed by atoms with Gasteiger partial charge in [-0.1, -0.05) is 0 Å². The highest BCUT2D eigenvalue weighted by Gasteiger charge is 2.17. The highest BCUT2D eigenvalue weighted by atomic mass is 32.1. The minimum absolute atomic E-state index is 0.0218. The summed E-state index contributed by atoms with van der Waals surface area (Å²) in [6.07, 6.45) is 1.41. The van der Waals surface area contributed by atoms with Crippen LogP contribution in [0.1, 0.15) is 34.0 Å². The zero-order valence-corrected chi connectivity index (χ0v) is 12.0. The van der Waals surface area contributed by atoms with Crippen LogP contribution in [0.2, 0.25) is 0 Å². The van der Waals surface area contributed by atoms with Crippen LogP contribution in [-0.2, 0) is 0 Å². The predicted octanol–water partition coefficient (Wildman–Crippen LogP) is 2.63. The van der Waals surface area contributed by atoms with Crippen molar-refractivity contribution < 1.29 is 14.8 Å². The lowest BCUT2D eigenvalue weighted by Crippen LogP contribution is -2.09. The molecule has 1 atom stereocenters. The molecule has 110 valence electrons. The number of aromatic nitrogens is 2. The Morgan fingerprint density at radius 1 is 1.57 bits per heavy atom. The highest BCUT2D eigenvalue weighted by Crippen LogP contribution is 2.25. The van der Waals surface area contributed by atoms with Crippen LogP contribution in [0, 0.1) is 17.0 Å². The molecule has 9 heteroatoms. The largest absolute Gasteiger partial charge is 0.476 e. The maximum Gasteiger partial charge on any atom is 0.355 e. The van der Waals surface area contributed by atoms with E-state index >= 15 is 0 Å². The number of nitrogens with zero attached hydrogens (tertiary/aromatic N) is 3. The summed E-state index contributed by atoms with van der Waals surface area (Å²) >= 11 is 1.20. The van der Waals surface area contributed by atoms with Gasteiger partial charge in [-0.3, -0.25) is 10.1 Å². The van der Waals surface area contributed by atoms with Crippen molar-refractivity contribution in [2.24, 2.45) is 0 Å². The van der Waals surface area contributed by atoms with E-state index in [0.29, 0.717) is 16.4 Å². The SMILES string of the molecule is Cc1cnc(NC(C)c2nc(C(=O)O)cs2)cc1[N+](=O)[O-]. The highest BCUT2D eigenvalue weighted by molar-refractivity contribution is 7.09. The lowest BCUT2D eigenvalue weighted by Gasteiger charge is -2.11. The third-order valence-electron chi connectivity index (χ3n) is 2.75. The molecular formula is C12H12N4O4S. The molecule has 1 unspecified atom stereocenters. The molecule has 0 saturated carbocycles. The number of hydrogen-bond donors (Lipinski definition) is 2. The molecule has 0 aromatic carbocycles. The van der Waals surface area contributed by atoms with Crippen molar-refractivity contribution in [3.8, 4) is 0 Å². The molecule has 2 N–H and O–H groups in total. The molecule has 0 bridgehead atoms. The van der Waals surface area contributed by atoms with Crippen molar-refractivity contribution in [1.29, 1.82) is 0 Å². The smallest absolute Gasteiger partial charge is 0.355 e. The van der Waals surface area contributed by atoms with E-state index in [2.05, 4.69) is 15.3 Å². The molecule has 0 radical (unpaired) electrons. The van der Waals surface area contributed by atoms with Crippen LogP contribution in [0.3, 0.4) is 0 Å². The van der Waals surface area contributed by atoms with E-state index in [1.165, 1.54) is 29.0 Å². The number of aryl methyl sites for hydroxylation is 1. The molecule has 0 aliphatic heterocycles. The number of hydrogen-bond acceptors (Lipinski definition) is 7. The first-order chi connectivity index (χ1) is 9.88. The number of rotatable bonds is 5. The van der Waals surface area contributed by atoms with E-state index in [4.69, 9.17) is 5.11 Å². The van der Waals surface area contributed by atoms with E-state index in [-0.39, 0.29) is 17.4 Å². The molecule has 0 aliphatic rings. The van der Waals surface area contributed by atoms with Crippen LogP contribution in [0.5, 0.6) is 0 Å². The number of nitrogens with one attached hydrogen (secondary N) is 1. The summed E-state index contributed by atoms with van der Waals surface area (Å²) in [6, 6.07) is 1.04. The summed E-state index contributed by atoms with van der Waals surface area (Å²) in [4.78, 5) is 29.2. The van der Waals surface area contributed by atoms with Crippen LogP contribution in [0.25, 0.3) is 0 Å². The Balaban J connectivity index is 2.18. The van der Waals surface area contributed by atoms with Gasteiger partial charge in [0.1, 0.15) is 10.8 Å². The van der Waals surface area contributed by atoms with Crippen LogP contribution in [0.15, 0.2) is 17.6 Å². The Hall–Kier alpha value is -2.55. The molecule has 0 saturated heterocycles. The van der Waals surface area contributed by atoms with Crippen molar-refractivity contribution in [2.75, 3.05) is 5.32 Å². The van der Waals surface area contributed by atoms with Crippen molar-refractivity contribution in [3.05, 3.63) is 44.0 Å². The third kappa shape index (κ3) is 3.31. The van der Waals surface area contributed by atoms with Gasteiger partial charge in [-0.15, -0.1) is 11.3 Å². The Labute approximate surface area is 123 Å². The molecule has 0 spiro atoms. The standard InChI is InChI=1S/C12H12N4O4S/c1-6-4-13-10(3-9(6)16(19)20)14-7(2)11-15-8(5-21-11)12(17)18/h3-5,7H,1-2H3,(H,13,14)(H,17,18). The van der Waals surface area contributed by atoms with Gasteiger partial charge in [0.15, 0.2) is 5.69 Å². The van der Waals surface area contributed by atoms with Gasteiger partial charge < -0.3 is 10.4 Å². The molecule has 2 heterocycles. The lowest BCUT2D eigenvalue weighted by molar-refractivity contribution is -0.385. The molecule has 21 heavy (non-hydrogen) atoms. The Morgan fingerprint density at radius 3 is 2.86 bits per heavy atom. The fourth-order valence-electron chi connectivity index (χ4n) is 1.66. The lowest BCUT2D eigenvalue weighted by atomic mass is 10.2. The maximum absolute atomic E-state index is 10.9. The third-order valence-corrected chi connectivity index (χ3v) is 3.77. The second-order valence-corrected chi connectivity index (χ2v) is 5.24. The van der Waals surface area contributed by atoms with E-state index < -0.39 is 10.9 Å². The molecule has 0 fully saturated rings. The van der Waals surface area contributed by atoms with Crippen LogP contribution in [0.4, 0.5) is 11.5 Å². The van der Waals surface area contributed by atoms with E-state index in [1.807, 2.05) is 0 Å². The maximum atomic E-state index is 10.9. The molecule has 2 rings (SSSR count). The van der Waals surface area contributed by atoms with Crippen LogP contribution < -0.4 is 5.32 Å². The number of carboxylic acids is 1. The van der Waals surface area contributed by atoms with E-state index in [0.717, 1.165) is 0 Å². The van der Waals surface area contributed by atoms with Gasteiger partial charge in [0.25, 0.3) is 5.69 Å². The van der Waals surface area contributed by atoms with E-state index in [1.54, 1.807) is 13.8 Å². The molecular weight excluding hydrogens is 296 g/mol. The average Bonchev–Trinajstić information content (AvgIpc) is 2.90. The van der Waals surface area contributed by atoms with Gasteiger partial charge in [-0.05, 0) is 13.8 Å². The van der Waals surface area contributed by atoms with Gasteiger partial charge in [0.2, 0.25) is 0 Å². The summed E-state index contributed by atoms with van der Waals surface area (Å²) in [5.41, 5.74) is 0.428. The number of carbonyl (C=O) groups is 1. The number of aromatic carboxylic acids is 1. The summed E-state index contributed by atoms with van der Waals surface area (Å²) in [5.74, 6) is -0.749. The Kier molecular flexibility index (Phi) is 4.13. The number of anilines is 1. The zero-order valence-electron chi connectivity index (χ0n) is 11.2. The van der Waals surface area contributed by atoms with Gasteiger partial charge in [0, 0.05) is 17.1 Å². The normalized spacial score (nSPS) is 11.9. The number of carboxylic acid groups (broad SMARTS) is 1. The van der Waals surface area contributed by atoms with Crippen LogP contribution >= 0.6 is 11.3 Å². The molecule has 2 aromatic heterocycles. The first-order valence-corrected chi connectivity index (χ1v) is 6.82. The van der Waals surface area contributed by atoms with Gasteiger partial charge in [-0.25, -0.2) is 14.8 Å². The predicted molar refractivity (Wildman–Crippen MR) is 76.7 cm³/mol. The zero-order chi connectivity index (χ0) is 15.6. The van der Waals surface area contributed by atoms with Crippen molar-refractivity contribution in [2.45, 2.75) is 19.9 Å². The van der Waals surface area contributed by atoms with Crippen molar-refractivity contribution in [1.82, 2.24) is 9.97 Å². The van der Waals surface area contributed by atoms with E-state index in [9.17, 15) is 14.9 Å². The van der Waals surface area contributed by atoms with Gasteiger partial charge >= 0.3 is 5.97 Å². The van der Waals surface area contributed by atoms with Crippen LogP contribution in [-0.4, -0.2) is 26.0 Å². The quantitative estimate of drug-likeness (QED) is 0.643. The minimum atomic E-state index is -1.09. The minimum Gasteiger partial charge on any atom is -0.476 e. The number of thiazole rings is 1. The molecule has 0 aliphatic carbocycles. The summed E-state index contributed by atoms with van der Waals surface area (Å²) < 4.78 is 0.